The molecule has 3 aliphatic heterocycles. The molecule has 9 heteroatoms. The van der Waals surface area contributed by atoms with Gasteiger partial charge in [-0.15, -0.1) is 0 Å². The first-order chi connectivity index (χ1) is 18.0. The van der Waals surface area contributed by atoms with Crippen molar-refractivity contribution in [2.45, 2.75) is 88.4 Å². The van der Waals surface area contributed by atoms with Crippen molar-refractivity contribution >= 4 is 11.7 Å². The Labute approximate surface area is 217 Å². The lowest BCUT2D eigenvalue weighted by molar-refractivity contribution is -0.214. The van der Waals surface area contributed by atoms with Crippen molar-refractivity contribution in [2.75, 3.05) is 26.3 Å². The SMILES string of the molecule is Cc1cn(C2C(F)CC3C(=O)C(C(=O)N4CCOCC4)=CN4C5CC6CCCCC6CC5OC2C34)cn1. The molecule has 1 aromatic heterocycles. The zero-order valence-corrected chi connectivity index (χ0v) is 21.5. The molecule has 7 rings (SSSR count). The van der Waals surface area contributed by atoms with Gasteiger partial charge in [0.25, 0.3) is 5.91 Å². The summed E-state index contributed by atoms with van der Waals surface area (Å²) in [6, 6.07) is -0.687. The molecule has 4 heterocycles. The van der Waals surface area contributed by atoms with E-state index >= 15 is 4.39 Å². The molecular weight excluding hydrogens is 475 g/mol. The van der Waals surface area contributed by atoms with Gasteiger partial charge in [-0.2, -0.15) is 0 Å². The quantitative estimate of drug-likeness (QED) is 0.568. The van der Waals surface area contributed by atoms with E-state index in [9.17, 15) is 9.59 Å². The van der Waals surface area contributed by atoms with Crippen molar-refractivity contribution in [3.05, 3.63) is 30.0 Å². The lowest BCUT2D eigenvalue weighted by Gasteiger charge is -2.61. The van der Waals surface area contributed by atoms with Crippen molar-refractivity contribution in [2.24, 2.45) is 17.8 Å². The number of aryl methyl sites for hydroxylation is 1. The Morgan fingerprint density at radius 2 is 1.84 bits per heavy atom. The summed E-state index contributed by atoms with van der Waals surface area (Å²) in [6.45, 7) is 3.82. The molecule has 5 fully saturated rings. The number of amides is 1. The molecule has 1 aromatic rings. The summed E-state index contributed by atoms with van der Waals surface area (Å²) in [7, 11) is 0. The lowest BCUT2D eigenvalue weighted by Crippen LogP contribution is -2.70. The molecule has 1 amide bonds. The number of aromatic nitrogens is 2. The Balaban J connectivity index is 1.29. The minimum atomic E-state index is -1.26. The smallest absolute Gasteiger partial charge is 0.259 e. The van der Waals surface area contributed by atoms with Crippen LogP contribution in [-0.4, -0.2) is 87.8 Å². The van der Waals surface area contributed by atoms with E-state index in [-0.39, 0.29) is 41.9 Å². The van der Waals surface area contributed by atoms with Crippen molar-refractivity contribution in [1.29, 1.82) is 0 Å². The van der Waals surface area contributed by atoms with Crippen molar-refractivity contribution in [3.63, 3.8) is 0 Å². The second-order valence-corrected chi connectivity index (χ2v) is 12.0. The zero-order chi connectivity index (χ0) is 25.3. The Morgan fingerprint density at radius 1 is 1.08 bits per heavy atom. The van der Waals surface area contributed by atoms with Crippen molar-refractivity contribution < 1.29 is 23.5 Å². The van der Waals surface area contributed by atoms with E-state index < -0.39 is 24.2 Å². The van der Waals surface area contributed by atoms with E-state index in [0.29, 0.717) is 38.1 Å². The fourth-order valence-corrected chi connectivity index (χ4v) is 8.32. The second kappa shape index (κ2) is 9.19. The molecule has 37 heavy (non-hydrogen) atoms. The van der Waals surface area contributed by atoms with Crippen LogP contribution >= 0.6 is 0 Å². The number of carbonyl (C=O) groups excluding carboxylic acids is 2. The van der Waals surface area contributed by atoms with E-state index in [1.807, 2.05) is 23.9 Å². The maximum Gasteiger partial charge on any atom is 0.259 e. The average Bonchev–Trinajstić information content (AvgIpc) is 3.34. The number of halogens is 1. The molecule has 0 spiro atoms. The van der Waals surface area contributed by atoms with Crippen LogP contribution in [-0.2, 0) is 19.1 Å². The lowest BCUT2D eigenvalue weighted by atomic mass is 9.65. The molecule has 0 radical (unpaired) electrons. The van der Waals surface area contributed by atoms with E-state index in [2.05, 4.69) is 9.88 Å². The summed E-state index contributed by atoms with van der Waals surface area (Å²) < 4.78 is 30.2. The molecule has 6 aliphatic rings. The third-order valence-corrected chi connectivity index (χ3v) is 10.1. The number of carbonyl (C=O) groups is 2. The van der Waals surface area contributed by atoms with Crippen LogP contribution in [0.5, 0.6) is 0 Å². The van der Waals surface area contributed by atoms with Crippen LogP contribution in [0.4, 0.5) is 4.39 Å². The van der Waals surface area contributed by atoms with E-state index in [4.69, 9.17) is 9.47 Å². The first-order valence-corrected chi connectivity index (χ1v) is 14.2. The first kappa shape index (κ1) is 23.8. The van der Waals surface area contributed by atoms with E-state index in [0.717, 1.165) is 18.5 Å². The van der Waals surface area contributed by atoms with Gasteiger partial charge in [0, 0.05) is 31.4 Å². The molecule has 0 bridgehead atoms. The maximum absolute atomic E-state index is 16.0. The predicted octanol–water partition coefficient (Wildman–Crippen LogP) is 2.82. The number of rotatable bonds is 2. The van der Waals surface area contributed by atoms with Crippen LogP contribution in [0.15, 0.2) is 24.3 Å². The molecule has 3 saturated carbocycles. The van der Waals surface area contributed by atoms with Crippen molar-refractivity contribution in [1.82, 2.24) is 19.4 Å². The Bertz CT molecular complexity index is 1100. The number of hydrogen-bond acceptors (Lipinski definition) is 6. The van der Waals surface area contributed by atoms with Crippen LogP contribution in [0.25, 0.3) is 0 Å². The maximum atomic E-state index is 16.0. The van der Waals surface area contributed by atoms with Crippen LogP contribution in [0, 0.1) is 24.7 Å². The van der Waals surface area contributed by atoms with Crippen LogP contribution < -0.4 is 0 Å². The van der Waals surface area contributed by atoms with Gasteiger partial charge in [0.2, 0.25) is 0 Å². The number of alkyl halides is 1. The fourth-order valence-electron chi connectivity index (χ4n) is 8.32. The summed E-state index contributed by atoms with van der Waals surface area (Å²) >= 11 is 0. The highest BCUT2D eigenvalue weighted by molar-refractivity contribution is 6.20. The predicted molar refractivity (Wildman–Crippen MR) is 132 cm³/mol. The summed E-state index contributed by atoms with van der Waals surface area (Å²) in [5.41, 5.74) is 1.05. The second-order valence-electron chi connectivity index (χ2n) is 12.0. The third kappa shape index (κ3) is 3.87. The van der Waals surface area contributed by atoms with Crippen LogP contribution in [0.2, 0.25) is 0 Å². The van der Waals surface area contributed by atoms with Gasteiger partial charge < -0.3 is 23.8 Å². The van der Waals surface area contributed by atoms with Gasteiger partial charge in [-0.05, 0) is 38.0 Å². The van der Waals surface area contributed by atoms with Gasteiger partial charge in [0.1, 0.15) is 12.3 Å². The standard InChI is InChI=1S/C28H37FN4O4/c1-16-13-32(15-30-16)25-21(29)12-19-24-27(25)37-23-11-18-5-3-2-4-17(18)10-22(23)33(24)14-20(26(19)34)28(35)31-6-8-36-9-7-31/h13-15,17-19,21-25,27H,2-12H2,1H3. The molecule has 0 N–H and O–H groups in total. The molecule has 9 unspecified atom stereocenters. The monoisotopic (exact) mass is 512 g/mol. The van der Waals surface area contributed by atoms with Gasteiger partial charge in [0.15, 0.2) is 5.78 Å². The van der Waals surface area contributed by atoms with Gasteiger partial charge in [0.05, 0.1) is 55.0 Å². The number of fused-ring (bicyclic) bond motifs is 3. The summed E-state index contributed by atoms with van der Waals surface area (Å²) in [6.07, 6.45) is 10.8. The fraction of sp³-hybridized carbons (Fsp3) is 0.750. The number of morpholine rings is 2. The summed E-state index contributed by atoms with van der Waals surface area (Å²) in [5, 5.41) is 0. The highest BCUT2D eigenvalue weighted by Gasteiger charge is 2.60. The Morgan fingerprint density at radius 3 is 2.57 bits per heavy atom. The summed E-state index contributed by atoms with van der Waals surface area (Å²) in [4.78, 5) is 35.8. The van der Waals surface area contributed by atoms with Gasteiger partial charge in [-0.25, -0.2) is 9.37 Å². The minimum Gasteiger partial charge on any atom is -0.378 e. The zero-order valence-electron chi connectivity index (χ0n) is 21.5. The molecule has 9 atom stereocenters. The van der Waals surface area contributed by atoms with Gasteiger partial charge >= 0.3 is 0 Å². The number of ketones is 1. The third-order valence-electron chi connectivity index (χ3n) is 10.1. The highest BCUT2D eigenvalue weighted by Crippen LogP contribution is 2.52. The Hall–Kier alpha value is -2.26. The largest absolute Gasteiger partial charge is 0.378 e. The molecule has 3 aliphatic carbocycles. The molecule has 2 saturated heterocycles. The van der Waals surface area contributed by atoms with Gasteiger partial charge in [-0.1, -0.05) is 25.7 Å². The number of Topliss-reactive ketones (excluding diaryl/α,β-unsaturated/α-hetero) is 1. The van der Waals surface area contributed by atoms with Crippen molar-refractivity contribution in [3.8, 4) is 0 Å². The Kier molecular flexibility index (Phi) is 5.92. The van der Waals surface area contributed by atoms with Gasteiger partial charge in [-0.3, -0.25) is 9.59 Å². The highest BCUT2D eigenvalue weighted by atomic mass is 19.1. The molecular formula is C28H37FN4O4. The van der Waals surface area contributed by atoms with E-state index in [1.165, 1.54) is 25.7 Å². The average molecular weight is 513 g/mol. The number of nitrogens with zero attached hydrogens (tertiary/aromatic N) is 4. The first-order valence-electron chi connectivity index (χ1n) is 14.2. The molecule has 200 valence electrons. The minimum absolute atomic E-state index is 0.0251. The molecule has 0 aromatic carbocycles. The summed E-state index contributed by atoms with van der Waals surface area (Å²) in [5.74, 6) is 0.254. The van der Waals surface area contributed by atoms with Crippen LogP contribution in [0.1, 0.15) is 56.7 Å². The van der Waals surface area contributed by atoms with E-state index in [1.54, 1.807) is 11.2 Å². The van der Waals surface area contributed by atoms with Crippen LogP contribution in [0.3, 0.4) is 0 Å². The topological polar surface area (TPSA) is 76.9 Å². The normalized spacial score (nSPS) is 41.4. The number of hydrogen-bond donors (Lipinski definition) is 0. The number of imidazole rings is 1. The molecule has 8 nitrogen and oxygen atoms in total. The number of ether oxygens (including phenoxy) is 2.